The van der Waals surface area contributed by atoms with Crippen molar-refractivity contribution < 1.29 is 4.79 Å². The molecule has 1 amide bonds. The largest absolute Gasteiger partial charge is 0.393 e. The molecule has 1 aromatic rings. The molecule has 0 radical (unpaired) electrons. The highest BCUT2D eigenvalue weighted by Gasteiger charge is 2.20. The first kappa shape index (κ1) is 16.9. The Labute approximate surface area is 131 Å². The van der Waals surface area contributed by atoms with Crippen LogP contribution in [0.25, 0.3) is 0 Å². The molecular formula is C15H21ClN2OS. The molecule has 0 aliphatic rings. The molecular weight excluding hydrogens is 292 g/mol. The van der Waals surface area contributed by atoms with Gasteiger partial charge in [0.1, 0.15) is 0 Å². The molecule has 0 aromatic heterocycles. The number of carbonyl (C=O) groups excluding carboxylic acids is 1. The van der Waals surface area contributed by atoms with Gasteiger partial charge in [-0.15, -0.1) is 0 Å². The number of halogens is 1. The van der Waals surface area contributed by atoms with Crippen molar-refractivity contribution in [2.75, 3.05) is 13.1 Å². The fourth-order valence-electron chi connectivity index (χ4n) is 1.94. The molecule has 1 aromatic carbocycles. The maximum atomic E-state index is 12.6. The Balaban J connectivity index is 2.96. The van der Waals surface area contributed by atoms with E-state index >= 15 is 0 Å². The number of amides is 1. The molecule has 0 atom stereocenters. The van der Waals surface area contributed by atoms with Gasteiger partial charge in [0.25, 0.3) is 5.91 Å². The molecule has 2 N–H and O–H groups in total. The first-order chi connectivity index (χ1) is 9.32. The van der Waals surface area contributed by atoms with Gasteiger partial charge < -0.3 is 10.6 Å². The highest BCUT2D eigenvalue weighted by atomic mass is 35.5. The number of aryl methyl sites for hydroxylation is 1. The van der Waals surface area contributed by atoms with Crippen molar-refractivity contribution >= 4 is 34.7 Å². The highest BCUT2D eigenvalue weighted by Crippen LogP contribution is 2.22. The maximum Gasteiger partial charge on any atom is 0.255 e. The van der Waals surface area contributed by atoms with Crippen LogP contribution in [-0.2, 0) is 0 Å². The molecule has 0 fully saturated rings. The van der Waals surface area contributed by atoms with Crippen molar-refractivity contribution in [1.29, 1.82) is 0 Å². The van der Waals surface area contributed by atoms with Crippen LogP contribution in [0.4, 0.5) is 0 Å². The van der Waals surface area contributed by atoms with E-state index in [4.69, 9.17) is 29.6 Å². The summed E-state index contributed by atoms with van der Waals surface area (Å²) in [6.07, 6.45) is 0.525. The number of carbonyl (C=O) groups is 1. The number of nitrogens with two attached hydrogens (primary N) is 1. The zero-order chi connectivity index (χ0) is 15.3. The fourth-order valence-corrected chi connectivity index (χ4v) is 2.24. The molecule has 20 heavy (non-hydrogen) atoms. The van der Waals surface area contributed by atoms with Crippen molar-refractivity contribution in [3.05, 3.63) is 34.3 Å². The van der Waals surface area contributed by atoms with Crippen LogP contribution in [0, 0.1) is 12.8 Å². The summed E-state index contributed by atoms with van der Waals surface area (Å²) in [5.41, 5.74) is 6.97. The summed E-state index contributed by atoms with van der Waals surface area (Å²) in [7, 11) is 0. The molecule has 0 aliphatic carbocycles. The number of thiocarbonyl (C=S) groups is 1. The summed E-state index contributed by atoms with van der Waals surface area (Å²) in [5, 5.41) is 0.515. The molecule has 110 valence electrons. The van der Waals surface area contributed by atoms with Crippen LogP contribution in [0.15, 0.2) is 18.2 Å². The van der Waals surface area contributed by atoms with Crippen LogP contribution in [0.3, 0.4) is 0 Å². The Kier molecular flexibility index (Phi) is 6.43. The second-order valence-electron chi connectivity index (χ2n) is 5.30. The van der Waals surface area contributed by atoms with E-state index in [1.54, 1.807) is 11.0 Å². The van der Waals surface area contributed by atoms with Gasteiger partial charge in [0, 0.05) is 19.5 Å². The fraction of sp³-hybridized carbons (Fsp3) is 0.467. The van der Waals surface area contributed by atoms with E-state index in [1.165, 1.54) is 0 Å². The lowest BCUT2D eigenvalue weighted by Gasteiger charge is -2.25. The molecule has 0 heterocycles. The van der Waals surface area contributed by atoms with Gasteiger partial charge in [-0.05, 0) is 24.5 Å². The minimum Gasteiger partial charge on any atom is -0.393 e. The van der Waals surface area contributed by atoms with E-state index in [0.717, 1.165) is 5.56 Å². The van der Waals surface area contributed by atoms with Gasteiger partial charge in [-0.2, -0.15) is 0 Å². The molecule has 0 aliphatic heterocycles. The summed E-state index contributed by atoms with van der Waals surface area (Å²) in [5.74, 6) is 0.303. The molecule has 0 unspecified atom stereocenters. The van der Waals surface area contributed by atoms with Crippen molar-refractivity contribution in [3.63, 3.8) is 0 Å². The lowest BCUT2D eigenvalue weighted by atomic mass is 10.1. The van der Waals surface area contributed by atoms with Crippen molar-refractivity contribution in [2.45, 2.75) is 27.2 Å². The summed E-state index contributed by atoms with van der Waals surface area (Å²) in [6.45, 7) is 7.21. The van der Waals surface area contributed by atoms with E-state index < -0.39 is 0 Å². The minimum atomic E-state index is -0.0661. The van der Waals surface area contributed by atoms with Crippen LogP contribution in [0.1, 0.15) is 36.2 Å². The Morgan fingerprint density at radius 1 is 1.45 bits per heavy atom. The summed E-state index contributed by atoms with van der Waals surface area (Å²) in [4.78, 5) is 14.8. The number of hydrogen-bond donors (Lipinski definition) is 1. The lowest BCUT2D eigenvalue weighted by Crippen LogP contribution is -2.36. The highest BCUT2D eigenvalue weighted by molar-refractivity contribution is 7.80. The van der Waals surface area contributed by atoms with Crippen molar-refractivity contribution in [1.82, 2.24) is 4.90 Å². The van der Waals surface area contributed by atoms with Crippen LogP contribution < -0.4 is 5.73 Å². The number of benzene rings is 1. The Morgan fingerprint density at radius 3 is 2.65 bits per heavy atom. The maximum absolute atomic E-state index is 12.6. The third-order valence-corrected chi connectivity index (χ3v) is 3.63. The predicted molar refractivity (Wildman–Crippen MR) is 88.3 cm³/mol. The first-order valence-electron chi connectivity index (χ1n) is 6.65. The molecule has 0 bridgehead atoms. The second-order valence-corrected chi connectivity index (χ2v) is 6.20. The van der Waals surface area contributed by atoms with E-state index in [9.17, 15) is 4.79 Å². The van der Waals surface area contributed by atoms with E-state index in [0.29, 0.717) is 41.0 Å². The Morgan fingerprint density at radius 2 is 2.10 bits per heavy atom. The molecule has 0 saturated heterocycles. The Bertz CT molecular complexity index is 503. The van der Waals surface area contributed by atoms with Crippen molar-refractivity contribution in [3.8, 4) is 0 Å². The van der Waals surface area contributed by atoms with Gasteiger partial charge in [0.05, 0.1) is 15.6 Å². The minimum absolute atomic E-state index is 0.0661. The zero-order valence-corrected chi connectivity index (χ0v) is 13.7. The van der Waals surface area contributed by atoms with Crippen LogP contribution in [-0.4, -0.2) is 28.9 Å². The number of rotatable bonds is 6. The van der Waals surface area contributed by atoms with Crippen LogP contribution >= 0.6 is 23.8 Å². The van der Waals surface area contributed by atoms with E-state index in [1.807, 2.05) is 19.1 Å². The normalized spacial score (nSPS) is 10.7. The first-order valence-corrected chi connectivity index (χ1v) is 7.44. The SMILES string of the molecule is Cc1cccc(C(=O)N(CCC(N)=S)CC(C)C)c1Cl. The Hall–Kier alpha value is -1.13. The second kappa shape index (κ2) is 7.60. The van der Waals surface area contributed by atoms with Crippen LogP contribution in [0.5, 0.6) is 0 Å². The quantitative estimate of drug-likeness (QED) is 0.819. The van der Waals surface area contributed by atoms with Crippen molar-refractivity contribution in [2.24, 2.45) is 11.7 Å². The summed E-state index contributed by atoms with van der Waals surface area (Å²) < 4.78 is 0. The zero-order valence-electron chi connectivity index (χ0n) is 12.1. The molecule has 0 spiro atoms. The predicted octanol–water partition coefficient (Wildman–Crippen LogP) is 3.42. The number of hydrogen-bond acceptors (Lipinski definition) is 2. The lowest BCUT2D eigenvalue weighted by molar-refractivity contribution is 0.0741. The average Bonchev–Trinajstić information content (AvgIpc) is 2.36. The summed E-state index contributed by atoms with van der Waals surface area (Å²) in [6, 6.07) is 5.49. The van der Waals surface area contributed by atoms with Crippen LogP contribution in [0.2, 0.25) is 5.02 Å². The molecule has 0 saturated carbocycles. The van der Waals surface area contributed by atoms with Gasteiger partial charge >= 0.3 is 0 Å². The topological polar surface area (TPSA) is 46.3 Å². The smallest absolute Gasteiger partial charge is 0.255 e. The van der Waals surface area contributed by atoms with E-state index in [-0.39, 0.29) is 5.91 Å². The average molecular weight is 313 g/mol. The van der Waals surface area contributed by atoms with Gasteiger partial charge in [0.15, 0.2) is 0 Å². The van der Waals surface area contributed by atoms with Gasteiger partial charge in [0.2, 0.25) is 0 Å². The molecule has 3 nitrogen and oxygen atoms in total. The van der Waals surface area contributed by atoms with Gasteiger partial charge in [-0.1, -0.05) is 49.8 Å². The summed E-state index contributed by atoms with van der Waals surface area (Å²) >= 11 is 11.1. The third-order valence-electron chi connectivity index (χ3n) is 2.92. The van der Waals surface area contributed by atoms with E-state index in [2.05, 4.69) is 13.8 Å². The monoisotopic (exact) mass is 312 g/mol. The number of nitrogens with zero attached hydrogens (tertiary/aromatic N) is 1. The van der Waals surface area contributed by atoms with Gasteiger partial charge in [-0.25, -0.2) is 0 Å². The standard InChI is InChI=1S/C15H21ClN2OS/c1-10(2)9-18(8-7-13(17)20)15(19)12-6-4-5-11(3)14(12)16/h4-6,10H,7-9H2,1-3H3,(H2,17,20). The third kappa shape index (κ3) is 4.76. The molecule has 5 heteroatoms. The molecule has 1 rings (SSSR count). The van der Waals surface area contributed by atoms with Gasteiger partial charge in [-0.3, -0.25) is 4.79 Å².